The summed E-state index contributed by atoms with van der Waals surface area (Å²) in [6, 6.07) is 5.98. The minimum Gasteiger partial charge on any atom is -0.493 e. The van der Waals surface area contributed by atoms with E-state index >= 15 is 0 Å². The van der Waals surface area contributed by atoms with Crippen molar-refractivity contribution in [1.82, 2.24) is 19.9 Å². The Hall–Kier alpha value is -2.12. The summed E-state index contributed by atoms with van der Waals surface area (Å²) in [5.41, 5.74) is 1.08. The fraction of sp³-hybridized carbons (Fsp3) is 0.556. The number of para-hydroxylation sites is 1. The molecule has 1 aromatic heterocycles. The number of rotatable bonds is 10. The summed E-state index contributed by atoms with van der Waals surface area (Å²) in [6.07, 6.45) is 0. The van der Waals surface area contributed by atoms with Crippen LogP contribution in [0.1, 0.15) is 24.2 Å². The first kappa shape index (κ1) is 19.2. The Bertz CT molecular complexity index is 658. The van der Waals surface area contributed by atoms with Crippen molar-refractivity contribution >= 4 is 0 Å². The van der Waals surface area contributed by atoms with Crippen molar-refractivity contribution in [2.45, 2.75) is 26.9 Å². The van der Waals surface area contributed by atoms with Crippen LogP contribution in [0.2, 0.25) is 0 Å². The first-order valence-corrected chi connectivity index (χ1v) is 8.48. The van der Waals surface area contributed by atoms with Crippen LogP contribution in [0, 0.1) is 6.92 Å². The number of benzene rings is 1. The molecular weight excluding hydrogens is 320 g/mol. The number of hydrogen-bond donors (Lipinski definition) is 0. The molecule has 0 aliphatic carbocycles. The highest BCUT2D eigenvalue weighted by Crippen LogP contribution is 2.32. The highest BCUT2D eigenvalue weighted by molar-refractivity contribution is 5.46. The average Bonchev–Trinajstić information content (AvgIpc) is 2.99. The second-order valence-electron chi connectivity index (χ2n) is 6.13. The van der Waals surface area contributed by atoms with E-state index < -0.39 is 0 Å². The molecule has 0 aliphatic rings. The van der Waals surface area contributed by atoms with Crippen molar-refractivity contribution in [1.29, 1.82) is 0 Å². The van der Waals surface area contributed by atoms with Gasteiger partial charge >= 0.3 is 0 Å². The molecule has 0 aliphatic heterocycles. The second kappa shape index (κ2) is 9.39. The molecule has 0 saturated carbocycles. The predicted octanol–water partition coefficient (Wildman–Crippen LogP) is 2.35. The van der Waals surface area contributed by atoms with Gasteiger partial charge in [-0.1, -0.05) is 24.2 Å². The minimum absolute atomic E-state index is 0.583. The summed E-state index contributed by atoms with van der Waals surface area (Å²) in [5.74, 6) is 2.83. The van der Waals surface area contributed by atoms with Crippen LogP contribution in [-0.4, -0.2) is 60.8 Å². The van der Waals surface area contributed by atoms with Crippen LogP contribution in [-0.2, 0) is 13.1 Å². The Balaban J connectivity index is 2.12. The molecule has 7 heteroatoms. The van der Waals surface area contributed by atoms with Crippen molar-refractivity contribution in [3.63, 3.8) is 0 Å². The van der Waals surface area contributed by atoms with Gasteiger partial charge in [-0.05, 0) is 26.7 Å². The maximum Gasteiger partial charge on any atom is 0.223 e. The zero-order valence-electron chi connectivity index (χ0n) is 15.8. The zero-order valence-corrected chi connectivity index (χ0v) is 15.8. The van der Waals surface area contributed by atoms with Crippen molar-refractivity contribution in [2.24, 2.45) is 0 Å². The van der Waals surface area contributed by atoms with Gasteiger partial charge in [-0.15, -0.1) is 0 Å². The zero-order chi connectivity index (χ0) is 18.2. The Kier molecular flexibility index (Phi) is 7.21. The lowest BCUT2D eigenvalue weighted by atomic mass is 10.1. The third kappa shape index (κ3) is 5.72. The number of ether oxygens (including phenoxy) is 2. The molecule has 0 N–H and O–H groups in total. The second-order valence-corrected chi connectivity index (χ2v) is 6.13. The van der Waals surface area contributed by atoms with E-state index in [4.69, 9.17) is 14.0 Å². The van der Waals surface area contributed by atoms with Crippen LogP contribution >= 0.6 is 0 Å². The number of nitrogens with zero attached hydrogens (tertiary/aromatic N) is 4. The molecule has 0 bridgehead atoms. The van der Waals surface area contributed by atoms with Gasteiger partial charge in [-0.3, -0.25) is 4.90 Å². The van der Waals surface area contributed by atoms with Crippen LogP contribution in [0.4, 0.5) is 0 Å². The Labute approximate surface area is 149 Å². The molecular formula is C18H28N4O3. The van der Waals surface area contributed by atoms with Crippen LogP contribution in [0.3, 0.4) is 0 Å². The summed E-state index contributed by atoms with van der Waals surface area (Å²) in [6.45, 7) is 7.57. The Morgan fingerprint density at radius 2 is 2.00 bits per heavy atom. The van der Waals surface area contributed by atoms with Gasteiger partial charge in [-0.2, -0.15) is 4.98 Å². The van der Waals surface area contributed by atoms with E-state index in [0.29, 0.717) is 24.9 Å². The molecule has 0 radical (unpaired) electrons. The van der Waals surface area contributed by atoms with E-state index in [1.165, 1.54) is 0 Å². The molecule has 1 aromatic carbocycles. The van der Waals surface area contributed by atoms with Crippen molar-refractivity contribution in [3.05, 3.63) is 35.5 Å². The molecule has 2 aromatic rings. The molecule has 0 spiro atoms. The maximum atomic E-state index is 6.03. The van der Waals surface area contributed by atoms with Crippen molar-refractivity contribution in [2.75, 3.05) is 40.9 Å². The van der Waals surface area contributed by atoms with Gasteiger partial charge < -0.3 is 18.9 Å². The fourth-order valence-electron chi connectivity index (χ4n) is 2.47. The standard InChI is InChI=1S/C18H28N4O3/c1-6-22(13-17-19-14(2)25-20-17)12-15-8-7-9-16(23-5)18(15)24-11-10-21(3)4/h7-9H,6,10-13H2,1-5H3. The lowest BCUT2D eigenvalue weighted by Crippen LogP contribution is -2.24. The number of likely N-dealkylation sites (N-methyl/N-ethyl adjacent to an activating group) is 1. The molecule has 25 heavy (non-hydrogen) atoms. The Morgan fingerprint density at radius 1 is 1.20 bits per heavy atom. The van der Waals surface area contributed by atoms with Gasteiger partial charge in [0.25, 0.3) is 0 Å². The fourth-order valence-corrected chi connectivity index (χ4v) is 2.47. The summed E-state index contributed by atoms with van der Waals surface area (Å²) in [4.78, 5) is 8.61. The quantitative estimate of drug-likeness (QED) is 0.653. The van der Waals surface area contributed by atoms with Gasteiger partial charge in [0.2, 0.25) is 5.89 Å². The molecule has 0 amide bonds. The molecule has 0 fully saturated rings. The average molecular weight is 348 g/mol. The normalized spacial score (nSPS) is 11.3. The third-order valence-electron chi connectivity index (χ3n) is 3.84. The van der Waals surface area contributed by atoms with Crippen molar-refractivity contribution in [3.8, 4) is 11.5 Å². The van der Waals surface area contributed by atoms with Crippen LogP contribution < -0.4 is 9.47 Å². The smallest absolute Gasteiger partial charge is 0.223 e. The monoisotopic (exact) mass is 348 g/mol. The summed E-state index contributed by atoms with van der Waals surface area (Å²) in [5, 5.41) is 3.98. The third-order valence-corrected chi connectivity index (χ3v) is 3.84. The highest BCUT2D eigenvalue weighted by Gasteiger charge is 2.15. The molecule has 0 unspecified atom stereocenters. The molecule has 2 rings (SSSR count). The van der Waals surface area contributed by atoms with Gasteiger partial charge in [0.15, 0.2) is 17.3 Å². The van der Waals surface area contributed by atoms with Crippen molar-refractivity contribution < 1.29 is 14.0 Å². The summed E-state index contributed by atoms with van der Waals surface area (Å²) >= 11 is 0. The lowest BCUT2D eigenvalue weighted by molar-refractivity contribution is 0.232. The SMILES string of the molecule is CCN(Cc1noc(C)n1)Cc1cccc(OC)c1OCCN(C)C. The lowest BCUT2D eigenvalue weighted by Gasteiger charge is -2.22. The largest absolute Gasteiger partial charge is 0.493 e. The van der Waals surface area contributed by atoms with Gasteiger partial charge in [-0.25, -0.2) is 0 Å². The van der Waals surface area contributed by atoms with Gasteiger partial charge in [0.05, 0.1) is 13.7 Å². The summed E-state index contributed by atoms with van der Waals surface area (Å²) < 4.78 is 16.6. The first-order valence-electron chi connectivity index (χ1n) is 8.48. The number of aryl methyl sites for hydroxylation is 1. The van der Waals surface area contributed by atoms with E-state index in [2.05, 4.69) is 32.9 Å². The number of aromatic nitrogens is 2. The Morgan fingerprint density at radius 3 is 2.60 bits per heavy atom. The van der Waals surface area contributed by atoms with Crippen LogP contribution in [0.15, 0.2) is 22.7 Å². The highest BCUT2D eigenvalue weighted by atomic mass is 16.5. The molecule has 7 nitrogen and oxygen atoms in total. The minimum atomic E-state index is 0.583. The van der Waals surface area contributed by atoms with E-state index in [1.807, 2.05) is 26.2 Å². The number of methoxy groups -OCH3 is 1. The van der Waals surface area contributed by atoms with Gasteiger partial charge in [0, 0.05) is 25.6 Å². The molecule has 0 saturated heterocycles. The van der Waals surface area contributed by atoms with E-state index in [-0.39, 0.29) is 0 Å². The summed E-state index contributed by atoms with van der Waals surface area (Å²) in [7, 11) is 5.72. The maximum absolute atomic E-state index is 6.03. The van der Waals surface area contributed by atoms with E-state index in [1.54, 1.807) is 14.0 Å². The first-order chi connectivity index (χ1) is 12.0. The number of hydrogen-bond acceptors (Lipinski definition) is 7. The molecule has 138 valence electrons. The van der Waals surface area contributed by atoms with Crippen LogP contribution in [0.5, 0.6) is 11.5 Å². The predicted molar refractivity (Wildman–Crippen MR) is 95.9 cm³/mol. The van der Waals surface area contributed by atoms with Gasteiger partial charge in [0.1, 0.15) is 6.61 Å². The topological polar surface area (TPSA) is 63.9 Å². The molecule has 1 heterocycles. The van der Waals surface area contributed by atoms with Crippen LogP contribution in [0.25, 0.3) is 0 Å². The van der Waals surface area contributed by atoms with E-state index in [0.717, 1.165) is 36.7 Å². The molecule has 0 atom stereocenters. The van der Waals surface area contributed by atoms with E-state index in [9.17, 15) is 0 Å².